The Hall–Kier alpha value is -2.51. The summed E-state index contributed by atoms with van der Waals surface area (Å²) < 4.78 is 12.8. The molecule has 8 heteroatoms. The molecule has 2 aromatic rings. The van der Waals surface area contributed by atoms with Crippen molar-refractivity contribution in [1.29, 1.82) is 0 Å². The Bertz CT molecular complexity index is 737. The number of benzene rings is 2. The molecule has 0 aromatic heterocycles. The van der Waals surface area contributed by atoms with Gasteiger partial charge in [0.25, 0.3) is 11.6 Å². The van der Waals surface area contributed by atoms with Crippen molar-refractivity contribution < 1.29 is 19.2 Å². The van der Waals surface area contributed by atoms with Gasteiger partial charge < -0.3 is 10.4 Å². The second kappa shape index (κ2) is 7.17. The molecule has 2 rings (SSSR count). The molecule has 6 nitrogen and oxygen atoms in total. The molecule has 23 heavy (non-hydrogen) atoms. The number of aliphatic hydroxyl groups is 1. The molecule has 0 saturated heterocycles. The first kappa shape index (κ1) is 16.9. The number of nitro benzene ring substituents is 1. The van der Waals surface area contributed by atoms with Crippen LogP contribution in [-0.4, -0.2) is 22.5 Å². The van der Waals surface area contributed by atoms with E-state index in [-0.39, 0.29) is 22.8 Å². The lowest BCUT2D eigenvalue weighted by Gasteiger charge is -2.12. The summed E-state index contributed by atoms with van der Waals surface area (Å²) in [4.78, 5) is 22.0. The first-order chi connectivity index (χ1) is 10.9. The van der Waals surface area contributed by atoms with Crippen molar-refractivity contribution in [3.8, 4) is 0 Å². The number of amides is 1. The van der Waals surface area contributed by atoms with Crippen LogP contribution in [0.25, 0.3) is 0 Å². The Kier molecular flexibility index (Phi) is 5.25. The summed E-state index contributed by atoms with van der Waals surface area (Å²) in [6.45, 7) is -0.0981. The normalized spacial score (nSPS) is 11.8. The molecule has 1 amide bonds. The lowest BCUT2D eigenvalue weighted by atomic mass is 10.1. The van der Waals surface area contributed by atoms with Crippen LogP contribution in [-0.2, 0) is 0 Å². The van der Waals surface area contributed by atoms with E-state index in [1.807, 2.05) is 0 Å². The van der Waals surface area contributed by atoms with Crippen LogP contribution in [0.4, 0.5) is 10.1 Å². The minimum Gasteiger partial charge on any atom is -0.387 e. The maximum atomic E-state index is 12.8. The van der Waals surface area contributed by atoms with E-state index in [1.54, 1.807) is 0 Å². The van der Waals surface area contributed by atoms with Crippen LogP contribution < -0.4 is 5.32 Å². The van der Waals surface area contributed by atoms with Gasteiger partial charge in [-0.1, -0.05) is 23.7 Å². The van der Waals surface area contributed by atoms with E-state index < -0.39 is 22.8 Å². The van der Waals surface area contributed by atoms with Crippen LogP contribution in [0, 0.1) is 15.9 Å². The number of halogens is 2. The highest BCUT2D eigenvalue weighted by Gasteiger charge is 2.16. The summed E-state index contributed by atoms with van der Waals surface area (Å²) in [7, 11) is 0. The smallest absolute Gasteiger partial charge is 0.287 e. The predicted molar refractivity (Wildman–Crippen MR) is 81.8 cm³/mol. The quantitative estimate of drug-likeness (QED) is 0.647. The highest BCUT2D eigenvalue weighted by Crippen LogP contribution is 2.25. The molecule has 120 valence electrons. The van der Waals surface area contributed by atoms with Gasteiger partial charge in [0, 0.05) is 18.2 Å². The van der Waals surface area contributed by atoms with Crippen molar-refractivity contribution in [1.82, 2.24) is 5.32 Å². The molecule has 0 radical (unpaired) electrons. The molecule has 1 unspecified atom stereocenters. The van der Waals surface area contributed by atoms with E-state index in [2.05, 4.69) is 5.32 Å². The molecule has 0 aliphatic rings. The highest BCUT2D eigenvalue weighted by atomic mass is 35.5. The Labute approximate surface area is 135 Å². The molecular formula is C15H12ClFN2O4. The maximum absolute atomic E-state index is 12.8. The molecule has 2 aromatic carbocycles. The van der Waals surface area contributed by atoms with Gasteiger partial charge in [0.1, 0.15) is 10.8 Å². The second-order valence-corrected chi connectivity index (χ2v) is 5.11. The zero-order valence-electron chi connectivity index (χ0n) is 11.7. The number of hydrogen-bond donors (Lipinski definition) is 2. The molecule has 0 aliphatic heterocycles. The van der Waals surface area contributed by atoms with Crippen LogP contribution in [0.15, 0.2) is 42.5 Å². The summed E-state index contributed by atoms with van der Waals surface area (Å²) in [6.07, 6.45) is -1.01. The lowest BCUT2D eigenvalue weighted by molar-refractivity contribution is -0.384. The fourth-order valence-corrected chi connectivity index (χ4v) is 2.14. The van der Waals surface area contributed by atoms with E-state index in [0.717, 1.165) is 6.07 Å². The minimum atomic E-state index is -1.01. The average molecular weight is 339 g/mol. The lowest BCUT2D eigenvalue weighted by Crippen LogP contribution is -2.28. The summed E-state index contributed by atoms with van der Waals surface area (Å²) in [6, 6.07) is 8.81. The minimum absolute atomic E-state index is 0.0981. The van der Waals surface area contributed by atoms with Crippen molar-refractivity contribution in [2.24, 2.45) is 0 Å². The van der Waals surface area contributed by atoms with Gasteiger partial charge in [-0.05, 0) is 29.8 Å². The van der Waals surface area contributed by atoms with Crippen molar-refractivity contribution >= 4 is 23.2 Å². The van der Waals surface area contributed by atoms with E-state index >= 15 is 0 Å². The van der Waals surface area contributed by atoms with Gasteiger partial charge >= 0.3 is 0 Å². The first-order valence-electron chi connectivity index (χ1n) is 6.54. The van der Waals surface area contributed by atoms with Crippen molar-refractivity contribution in [2.75, 3.05) is 6.54 Å². The van der Waals surface area contributed by atoms with Crippen LogP contribution in [0.3, 0.4) is 0 Å². The molecule has 1 atom stereocenters. The Morgan fingerprint density at radius 3 is 2.52 bits per heavy atom. The van der Waals surface area contributed by atoms with Crippen LogP contribution in [0.1, 0.15) is 22.0 Å². The number of carbonyl (C=O) groups excluding carboxylic acids is 1. The highest BCUT2D eigenvalue weighted by molar-refractivity contribution is 6.33. The Morgan fingerprint density at radius 2 is 1.96 bits per heavy atom. The number of aliphatic hydroxyl groups excluding tert-OH is 1. The number of nitrogens with one attached hydrogen (secondary N) is 1. The third-order valence-corrected chi connectivity index (χ3v) is 3.42. The zero-order valence-corrected chi connectivity index (χ0v) is 12.5. The zero-order chi connectivity index (χ0) is 17.0. The van der Waals surface area contributed by atoms with Gasteiger partial charge in [-0.25, -0.2) is 4.39 Å². The van der Waals surface area contributed by atoms with Crippen molar-refractivity contribution in [3.05, 3.63) is 74.5 Å². The largest absolute Gasteiger partial charge is 0.387 e. The number of nitrogens with zero attached hydrogens (tertiary/aromatic N) is 1. The molecule has 0 bridgehead atoms. The average Bonchev–Trinajstić information content (AvgIpc) is 2.52. The molecular weight excluding hydrogens is 327 g/mol. The van der Waals surface area contributed by atoms with Crippen LogP contribution in [0.2, 0.25) is 5.02 Å². The van der Waals surface area contributed by atoms with Crippen molar-refractivity contribution in [2.45, 2.75) is 6.10 Å². The Morgan fingerprint density at radius 1 is 1.30 bits per heavy atom. The SMILES string of the molecule is O=C(NCC(O)c1ccc(F)cc1)c1ccc([N+](=O)[O-])c(Cl)c1. The summed E-state index contributed by atoms with van der Waals surface area (Å²) in [5, 5.41) is 22.9. The fraction of sp³-hybridized carbons (Fsp3) is 0.133. The van der Waals surface area contributed by atoms with E-state index in [0.29, 0.717) is 5.56 Å². The number of hydrogen-bond acceptors (Lipinski definition) is 4. The van der Waals surface area contributed by atoms with Crippen molar-refractivity contribution in [3.63, 3.8) is 0 Å². The van der Waals surface area contributed by atoms with Gasteiger partial charge in [0.2, 0.25) is 0 Å². The van der Waals surface area contributed by atoms with Gasteiger partial charge in [0.15, 0.2) is 0 Å². The summed E-state index contributed by atoms with van der Waals surface area (Å²) in [5.74, 6) is -0.964. The van der Waals surface area contributed by atoms with Crippen LogP contribution in [0.5, 0.6) is 0 Å². The van der Waals surface area contributed by atoms with Gasteiger partial charge in [-0.15, -0.1) is 0 Å². The second-order valence-electron chi connectivity index (χ2n) is 4.70. The number of nitro groups is 1. The van der Waals surface area contributed by atoms with Gasteiger partial charge in [0.05, 0.1) is 11.0 Å². The summed E-state index contributed by atoms with van der Waals surface area (Å²) in [5.41, 5.74) is 0.287. The first-order valence-corrected chi connectivity index (χ1v) is 6.92. The van der Waals surface area contributed by atoms with E-state index in [9.17, 15) is 24.4 Å². The molecule has 2 N–H and O–H groups in total. The monoisotopic (exact) mass is 338 g/mol. The Balaban J connectivity index is 2.00. The molecule has 0 heterocycles. The molecule has 0 aliphatic carbocycles. The van der Waals surface area contributed by atoms with Crippen LogP contribution >= 0.6 is 11.6 Å². The number of rotatable bonds is 5. The third kappa shape index (κ3) is 4.24. The summed E-state index contributed by atoms with van der Waals surface area (Å²) >= 11 is 5.74. The van der Waals surface area contributed by atoms with Gasteiger partial charge in [-0.2, -0.15) is 0 Å². The number of carbonyl (C=O) groups is 1. The molecule has 0 spiro atoms. The fourth-order valence-electron chi connectivity index (χ4n) is 1.89. The topological polar surface area (TPSA) is 92.5 Å². The van der Waals surface area contributed by atoms with E-state index in [1.165, 1.54) is 36.4 Å². The maximum Gasteiger partial charge on any atom is 0.287 e. The standard InChI is InChI=1S/C15H12ClFN2O4/c16-12-7-10(3-6-13(12)19(22)23)15(21)18-8-14(20)9-1-4-11(17)5-2-9/h1-7,14,20H,8H2,(H,18,21). The molecule has 0 saturated carbocycles. The van der Waals surface area contributed by atoms with E-state index in [4.69, 9.17) is 11.6 Å². The van der Waals surface area contributed by atoms with Gasteiger partial charge in [-0.3, -0.25) is 14.9 Å². The predicted octanol–water partition coefficient (Wildman–Crippen LogP) is 2.85. The molecule has 0 fully saturated rings. The third-order valence-electron chi connectivity index (χ3n) is 3.12.